The Hall–Kier alpha value is -2.50. The summed E-state index contributed by atoms with van der Waals surface area (Å²) in [7, 11) is 0. The number of anilines is 1. The first-order valence-electron chi connectivity index (χ1n) is 5.91. The molecule has 0 aliphatic heterocycles. The molecule has 98 valence electrons. The van der Waals surface area contributed by atoms with E-state index in [1.54, 1.807) is 31.6 Å². The van der Waals surface area contributed by atoms with E-state index >= 15 is 0 Å². The Labute approximate surface area is 110 Å². The average molecular weight is 258 g/mol. The van der Waals surface area contributed by atoms with Gasteiger partial charge < -0.3 is 5.32 Å². The van der Waals surface area contributed by atoms with E-state index < -0.39 is 4.92 Å². The van der Waals surface area contributed by atoms with Crippen LogP contribution in [-0.4, -0.2) is 21.4 Å². The molecule has 0 fully saturated rings. The largest absolute Gasteiger partial charge is 0.364 e. The van der Waals surface area contributed by atoms with Crippen molar-refractivity contribution in [2.24, 2.45) is 0 Å². The highest BCUT2D eigenvalue weighted by atomic mass is 16.6. The van der Waals surface area contributed by atoms with Gasteiger partial charge in [0, 0.05) is 30.7 Å². The van der Waals surface area contributed by atoms with Gasteiger partial charge in [0.2, 0.25) is 5.82 Å². The van der Waals surface area contributed by atoms with Crippen LogP contribution in [0, 0.1) is 17.0 Å². The molecule has 0 aliphatic carbocycles. The van der Waals surface area contributed by atoms with Crippen LogP contribution in [0.4, 0.5) is 11.5 Å². The molecule has 0 spiro atoms. The van der Waals surface area contributed by atoms with E-state index in [1.165, 1.54) is 0 Å². The van der Waals surface area contributed by atoms with E-state index in [9.17, 15) is 10.1 Å². The second-order valence-electron chi connectivity index (χ2n) is 4.11. The Bertz CT molecular complexity index is 572. The van der Waals surface area contributed by atoms with E-state index in [4.69, 9.17) is 0 Å². The predicted octanol–water partition coefficient (Wildman–Crippen LogP) is 2.35. The molecular formula is C13H14N4O2. The van der Waals surface area contributed by atoms with Crippen LogP contribution in [0.1, 0.15) is 11.1 Å². The molecule has 1 N–H and O–H groups in total. The second kappa shape index (κ2) is 5.90. The number of nitro groups is 1. The van der Waals surface area contributed by atoms with Gasteiger partial charge in [-0.25, -0.2) is 4.98 Å². The summed E-state index contributed by atoms with van der Waals surface area (Å²) in [6.45, 7) is 2.29. The van der Waals surface area contributed by atoms with Gasteiger partial charge in [-0.2, -0.15) is 0 Å². The molecule has 0 aliphatic rings. The van der Waals surface area contributed by atoms with Gasteiger partial charge in [-0.3, -0.25) is 15.1 Å². The fraction of sp³-hybridized carbons (Fsp3) is 0.231. The molecule has 0 saturated heterocycles. The summed E-state index contributed by atoms with van der Waals surface area (Å²) < 4.78 is 0. The van der Waals surface area contributed by atoms with E-state index in [1.807, 2.05) is 12.1 Å². The minimum Gasteiger partial charge on any atom is -0.364 e. The summed E-state index contributed by atoms with van der Waals surface area (Å²) in [5, 5.41) is 14.0. The Morgan fingerprint density at radius 1 is 1.26 bits per heavy atom. The van der Waals surface area contributed by atoms with Crippen molar-refractivity contribution < 1.29 is 4.92 Å². The molecule has 0 atom stereocenters. The molecule has 2 aromatic heterocycles. The zero-order valence-corrected chi connectivity index (χ0v) is 10.5. The first-order chi connectivity index (χ1) is 9.18. The summed E-state index contributed by atoms with van der Waals surface area (Å²) >= 11 is 0. The number of nitrogens with zero attached hydrogens (tertiary/aromatic N) is 3. The lowest BCUT2D eigenvalue weighted by Crippen LogP contribution is -2.09. The van der Waals surface area contributed by atoms with Gasteiger partial charge in [0.1, 0.15) is 0 Å². The van der Waals surface area contributed by atoms with Crippen molar-refractivity contribution in [2.45, 2.75) is 13.3 Å². The topological polar surface area (TPSA) is 81.0 Å². The molecule has 0 bridgehead atoms. The molecular weight excluding hydrogens is 244 g/mol. The lowest BCUT2D eigenvalue weighted by Gasteiger charge is -2.07. The van der Waals surface area contributed by atoms with Crippen LogP contribution in [0.5, 0.6) is 0 Å². The van der Waals surface area contributed by atoms with Crippen molar-refractivity contribution in [1.82, 2.24) is 9.97 Å². The third kappa shape index (κ3) is 3.25. The van der Waals surface area contributed by atoms with Crippen LogP contribution < -0.4 is 5.32 Å². The molecule has 19 heavy (non-hydrogen) atoms. The molecule has 0 radical (unpaired) electrons. The molecule has 0 amide bonds. The smallest absolute Gasteiger partial charge is 0.314 e. The second-order valence-corrected chi connectivity index (χ2v) is 4.11. The molecule has 6 heteroatoms. The Kier molecular flexibility index (Phi) is 4.02. The van der Waals surface area contributed by atoms with Gasteiger partial charge in [-0.05, 0) is 37.1 Å². The van der Waals surface area contributed by atoms with E-state index in [-0.39, 0.29) is 5.69 Å². The van der Waals surface area contributed by atoms with Gasteiger partial charge in [0.05, 0.1) is 4.92 Å². The molecule has 6 nitrogen and oxygen atoms in total. The number of pyridine rings is 2. The van der Waals surface area contributed by atoms with Gasteiger partial charge in [-0.1, -0.05) is 0 Å². The molecule has 0 unspecified atom stereocenters. The van der Waals surface area contributed by atoms with Crippen molar-refractivity contribution in [1.29, 1.82) is 0 Å². The first-order valence-corrected chi connectivity index (χ1v) is 5.91. The lowest BCUT2D eigenvalue weighted by molar-refractivity contribution is -0.384. The maximum atomic E-state index is 11.0. The van der Waals surface area contributed by atoms with Gasteiger partial charge in [0.25, 0.3) is 0 Å². The standard InChI is InChI=1S/C13H14N4O2/c1-10-2-8-15-13(12(10)17(18)19)16-9-5-11-3-6-14-7-4-11/h2-4,6-8H,5,9H2,1H3,(H,15,16). The summed E-state index contributed by atoms with van der Waals surface area (Å²) in [5.74, 6) is 0.319. The monoisotopic (exact) mass is 258 g/mol. The minimum atomic E-state index is -0.406. The third-order valence-electron chi connectivity index (χ3n) is 2.76. The predicted molar refractivity (Wildman–Crippen MR) is 72.1 cm³/mol. The van der Waals surface area contributed by atoms with Crippen LogP contribution in [0.15, 0.2) is 36.8 Å². The Morgan fingerprint density at radius 3 is 2.68 bits per heavy atom. The highest BCUT2D eigenvalue weighted by Crippen LogP contribution is 2.25. The number of hydrogen-bond acceptors (Lipinski definition) is 5. The molecule has 2 aromatic rings. The quantitative estimate of drug-likeness (QED) is 0.657. The van der Waals surface area contributed by atoms with Crippen LogP contribution in [0.25, 0.3) is 0 Å². The fourth-order valence-electron chi connectivity index (χ4n) is 1.78. The first kappa shape index (κ1) is 12.9. The van der Waals surface area contributed by atoms with E-state index in [0.717, 1.165) is 12.0 Å². The minimum absolute atomic E-state index is 0.0391. The van der Waals surface area contributed by atoms with Crippen molar-refractivity contribution >= 4 is 11.5 Å². The fourth-order valence-corrected chi connectivity index (χ4v) is 1.78. The van der Waals surface area contributed by atoms with E-state index in [0.29, 0.717) is 17.9 Å². The van der Waals surface area contributed by atoms with Crippen LogP contribution in [0.2, 0.25) is 0 Å². The van der Waals surface area contributed by atoms with Crippen molar-refractivity contribution in [3.63, 3.8) is 0 Å². The lowest BCUT2D eigenvalue weighted by atomic mass is 10.2. The number of rotatable bonds is 5. The van der Waals surface area contributed by atoms with Crippen LogP contribution in [0.3, 0.4) is 0 Å². The normalized spacial score (nSPS) is 10.2. The van der Waals surface area contributed by atoms with Gasteiger partial charge in [-0.15, -0.1) is 0 Å². The average Bonchev–Trinajstić information content (AvgIpc) is 2.39. The van der Waals surface area contributed by atoms with E-state index in [2.05, 4.69) is 15.3 Å². The molecule has 2 heterocycles. The number of hydrogen-bond donors (Lipinski definition) is 1. The van der Waals surface area contributed by atoms with Crippen LogP contribution >= 0.6 is 0 Å². The summed E-state index contributed by atoms with van der Waals surface area (Å²) in [6, 6.07) is 5.46. The molecule has 2 rings (SSSR count). The van der Waals surface area contributed by atoms with Gasteiger partial charge >= 0.3 is 5.69 Å². The highest BCUT2D eigenvalue weighted by Gasteiger charge is 2.17. The Balaban J connectivity index is 2.04. The number of nitrogens with one attached hydrogen (secondary N) is 1. The van der Waals surface area contributed by atoms with Crippen molar-refractivity contribution in [2.75, 3.05) is 11.9 Å². The summed E-state index contributed by atoms with van der Waals surface area (Å²) in [4.78, 5) is 18.6. The maximum Gasteiger partial charge on any atom is 0.314 e. The van der Waals surface area contributed by atoms with Gasteiger partial charge in [0.15, 0.2) is 0 Å². The maximum absolute atomic E-state index is 11.0. The third-order valence-corrected chi connectivity index (χ3v) is 2.76. The number of aromatic nitrogens is 2. The summed E-state index contributed by atoms with van der Waals surface area (Å²) in [5.41, 5.74) is 1.77. The molecule has 0 aromatic carbocycles. The highest BCUT2D eigenvalue weighted by molar-refractivity contribution is 5.59. The zero-order chi connectivity index (χ0) is 13.7. The zero-order valence-electron chi connectivity index (χ0n) is 10.5. The number of aryl methyl sites for hydroxylation is 1. The van der Waals surface area contributed by atoms with Crippen molar-refractivity contribution in [3.8, 4) is 0 Å². The SMILES string of the molecule is Cc1ccnc(NCCc2ccncc2)c1[N+](=O)[O-]. The molecule has 0 saturated carbocycles. The summed E-state index contributed by atoms with van der Waals surface area (Å²) in [6.07, 6.45) is 5.78. The van der Waals surface area contributed by atoms with Crippen LogP contribution in [-0.2, 0) is 6.42 Å². The van der Waals surface area contributed by atoms with Crippen molar-refractivity contribution in [3.05, 3.63) is 58.0 Å². The Morgan fingerprint density at radius 2 is 2.00 bits per heavy atom.